The molecule has 0 aromatic rings. The van der Waals surface area contributed by atoms with Crippen LogP contribution in [0.15, 0.2) is 0 Å². The SMILES string of the molecule is C1CCNCC1.O.[Ca+2].[O-]B[O-]. The minimum Gasteiger partial charge on any atom is -0.896 e. The Balaban J connectivity index is -0.000000116. The first-order valence-corrected chi connectivity index (χ1v) is 3.28. The maximum absolute atomic E-state index is 8.38. The third-order valence-corrected chi connectivity index (χ3v) is 1.21. The number of piperidine rings is 1. The fourth-order valence-electron chi connectivity index (χ4n) is 0.802. The number of hydrogen-bond acceptors (Lipinski definition) is 3. The van der Waals surface area contributed by atoms with Gasteiger partial charge in [-0.3, -0.25) is 0 Å². The van der Waals surface area contributed by atoms with Crippen LogP contribution in [0.3, 0.4) is 0 Å². The van der Waals surface area contributed by atoms with Crippen molar-refractivity contribution in [2.24, 2.45) is 0 Å². The second-order valence-electron chi connectivity index (χ2n) is 1.93. The molecular formula is C5H14BCaNO3. The van der Waals surface area contributed by atoms with Crippen molar-refractivity contribution < 1.29 is 15.5 Å². The largest absolute Gasteiger partial charge is 2.00 e. The molecule has 62 valence electrons. The topological polar surface area (TPSA) is 89.7 Å². The molecule has 0 aliphatic carbocycles. The third-order valence-electron chi connectivity index (χ3n) is 1.21. The normalized spacial score (nSPS) is 14.4. The van der Waals surface area contributed by atoms with E-state index >= 15 is 0 Å². The maximum Gasteiger partial charge on any atom is 2.00 e. The smallest absolute Gasteiger partial charge is 0.896 e. The summed E-state index contributed by atoms with van der Waals surface area (Å²) in [5.74, 6) is 0. The van der Waals surface area contributed by atoms with Gasteiger partial charge in [-0.25, -0.2) is 0 Å². The summed E-state index contributed by atoms with van der Waals surface area (Å²) in [5.41, 5.74) is 0. The summed E-state index contributed by atoms with van der Waals surface area (Å²) in [4.78, 5) is 0. The summed E-state index contributed by atoms with van der Waals surface area (Å²) in [6.07, 6.45) is 4.22. The molecule has 0 radical (unpaired) electrons. The number of rotatable bonds is 0. The van der Waals surface area contributed by atoms with Crippen LogP contribution in [0, 0.1) is 0 Å². The first-order valence-electron chi connectivity index (χ1n) is 3.28. The van der Waals surface area contributed by atoms with Gasteiger partial charge in [-0.1, -0.05) is 6.42 Å². The minimum absolute atomic E-state index is 0. The summed E-state index contributed by atoms with van der Waals surface area (Å²) in [6.45, 7) is 2.50. The van der Waals surface area contributed by atoms with E-state index in [1.165, 1.54) is 32.4 Å². The van der Waals surface area contributed by atoms with Crippen molar-refractivity contribution in [3.63, 3.8) is 0 Å². The molecule has 0 atom stereocenters. The van der Waals surface area contributed by atoms with E-state index in [1.807, 2.05) is 0 Å². The van der Waals surface area contributed by atoms with Crippen LogP contribution in [0.5, 0.6) is 0 Å². The molecule has 0 aromatic heterocycles. The van der Waals surface area contributed by atoms with Crippen molar-refractivity contribution >= 4 is 45.4 Å². The van der Waals surface area contributed by atoms with Gasteiger partial charge in [0.2, 0.25) is 0 Å². The van der Waals surface area contributed by atoms with Crippen molar-refractivity contribution in [2.75, 3.05) is 13.1 Å². The van der Waals surface area contributed by atoms with E-state index in [1.54, 1.807) is 0 Å². The van der Waals surface area contributed by atoms with Gasteiger partial charge in [0.15, 0.2) is 0 Å². The van der Waals surface area contributed by atoms with Crippen LogP contribution in [0.2, 0.25) is 0 Å². The zero-order valence-corrected chi connectivity index (χ0v) is 8.97. The second kappa shape index (κ2) is 17.3. The van der Waals surface area contributed by atoms with E-state index in [9.17, 15) is 0 Å². The van der Waals surface area contributed by atoms with Crippen molar-refractivity contribution in [3.8, 4) is 0 Å². The van der Waals surface area contributed by atoms with E-state index in [4.69, 9.17) is 10.0 Å². The standard InChI is InChI=1S/C5H11N.BHO2.Ca.H2O/c1-2-4-6-5-3-1;2-1-3;;/h6H,1-5H2;1H;;1H2/q;-2;+2;. The Morgan fingerprint density at radius 1 is 1.00 bits per heavy atom. The maximum atomic E-state index is 8.38. The number of nitrogens with one attached hydrogen (secondary N) is 1. The predicted molar refractivity (Wildman–Crippen MR) is 43.2 cm³/mol. The van der Waals surface area contributed by atoms with E-state index in [0.29, 0.717) is 0 Å². The average molecular weight is 187 g/mol. The summed E-state index contributed by atoms with van der Waals surface area (Å²) in [6, 6.07) is 0. The zero-order chi connectivity index (χ0) is 6.95. The molecule has 1 saturated heterocycles. The molecule has 0 unspecified atom stereocenters. The van der Waals surface area contributed by atoms with E-state index in [2.05, 4.69) is 5.32 Å². The first kappa shape index (κ1) is 18.1. The van der Waals surface area contributed by atoms with Gasteiger partial charge in [0, 0.05) is 0 Å². The Morgan fingerprint density at radius 2 is 1.36 bits per heavy atom. The molecule has 1 aliphatic heterocycles. The minimum atomic E-state index is -1.25. The summed E-state index contributed by atoms with van der Waals surface area (Å²) in [5, 5.41) is 20.0. The Morgan fingerprint density at radius 3 is 1.45 bits per heavy atom. The molecule has 1 heterocycles. The van der Waals surface area contributed by atoms with Gasteiger partial charge in [0.05, 0.1) is 0 Å². The van der Waals surface area contributed by atoms with Crippen molar-refractivity contribution in [2.45, 2.75) is 19.3 Å². The van der Waals surface area contributed by atoms with Gasteiger partial charge in [0.25, 0.3) is 0 Å². The molecule has 0 saturated carbocycles. The van der Waals surface area contributed by atoms with Gasteiger partial charge < -0.3 is 20.8 Å². The fraction of sp³-hybridized carbons (Fsp3) is 1.00. The Labute approximate surface area is 98.0 Å². The molecule has 0 aromatic carbocycles. The number of hydrogen-bond donors (Lipinski definition) is 1. The molecule has 11 heavy (non-hydrogen) atoms. The Kier molecular flexibility index (Phi) is 28.4. The van der Waals surface area contributed by atoms with Crippen LogP contribution < -0.4 is 15.4 Å². The molecule has 0 spiro atoms. The van der Waals surface area contributed by atoms with Crippen LogP contribution in [0.25, 0.3) is 0 Å². The van der Waals surface area contributed by atoms with Crippen molar-refractivity contribution in [3.05, 3.63) is 0 Å². The molecule has 1 aliphatic rings. The molecule has 1 fully saturated rings. The summed E-state index contributed by atoms with van der Waals surface area (Å²) < 4.78 is 0. The van der Waals surface area contributed by atoms with Crippen molar-refractivity contribution in [1.29, 1.82) is 0 Å². The predicted octanol–water partition coefficient (Wildman–Crippen LogP) is -3.47. The average Bonchev–Trinajstić information content (AvgIpc) is 1.93. The van der Waals surface area contributed by atoms with Gasteiger partial charge >= 0.3 is 37.7 Å². The van der Waals surface area contributed by atoms with Crippen LogP contribution in [-0.2, 0) is 0 Å². The van der Waals surface area contributed by atoms with Crippen molar-refractivity contribution in [1.82, 2.24) is 5.32 Å². The summed E-state index contributed by atoms with van der Waals surface area (Å²) in [7, 11) is -1.25. The molecule has 3 N–H and O–H groups in total. The van der Waals surface area contributed by atoms with E-state index in [-0.39, 0.29) is 43.2 Å². The molecular weight excluding hydrogens is 173 g/mol. The zero-order valence-electron chi connectivity index (χ0n) is 6.77. The first-order chi connectivity index (χ1) is 4.41. The van der Waals surface area contributed by atoms with Crippen LogP contribution in [-0.4, -0.2) is 64.0 Å². The Hall–Kier alpha value is 1.16. The molecule has 4 nitrogen and oxygen atoms in total. The molecule has 1 rings (SSSR count). The monoisotopic (exact) mass is 187 g/mol. The fourth-order valence-corrected chi connectivity index (χ4v) is 0.802. The van der Waals surface area contributed by atoms with Crippen LogP contribution >= 0.6 is 0 Å². The van der Waals surface area contributed by atoms with E-state index < -0.39 is 7.69 Å². The van der Waals surface area contributed by atoms with Gasteiger partial charge in [0.1, 0.15) is 0 Å². The van der Waals surface area contributed by atoms with Gasteiger partial charge in [-0.05, 0) is 25.9 Å². The second-order valence-corrected chi connectivity index (χ2v) is 1.93. The van der Waals surface area contributed by atoms with E-state index in [0.717, 1.165) is 0 Å². The molecule has 0 bridgehead atoms. The quantitative estimate of drug-likeness (QED) is 0.399. The van der Waals surface area contributed by atoms with Crippen LogP contribution in [0.4, 0.5) is 0 Å². The molecule has 6 heteroatoms. The third kappa shape index (κ3) is 18.3. The van der Waals surface area contributed by atoms with Gasteiger partial charge in [-0.2, -0.15) is 0 Å². The summed E-state index contributed by atoms with van der Waals surface area (Å²) >= 11 is 0. The van der Waals surface area contributed by atoms with Crippen LogP contribution in [0.1, 0.15) is 19.3 Å². The molecule has 0 amide bonds. The Bertz CT molecular complexity index is 45.5. The van der Waals surface area contributed by atoms with Gasteiger partial charge in [-0.15, -0.1) is 7.69 Å².